The Morgan fingerprint density at radius 1 is 0.667 bits per heavy atom. The number of hydrogen-bond acceptors (Lipinski definition) is 9. The van der Waals surface area contributed by atoms with Crippen molar-refractivity contribution in [3.63, 3.8) is 0 Å². The summed E-state index contributed by atoms with van der Waals surface area (Å²) < 4.78 is 5.50. The van der Waals surface area contributed by atoms with E-state index in [1.807, 2.05) is 30.6 Å². The molecule has 0 saturated carbocycles. The van der Waals surface area contributed by atoms with Gasteiger partial charge in [-0.05, 0) is 34.6 Å². The molecule has 1 aliphatic rings. The zero-order chi connectivity index (χ0) is 25.0. The van der Waals surface area contributed by atoms with E-state index in [0.717, 1.165) is 0 Å². The number of esters is 1. The van der Waals surface area contributed by atoms with E-state index >= 15 is 0 Å². The number of likely N-dealkylation sites (N-methyl/N-ethyl adjacent to an activating group) is 1. The molecule has 1 rings (SSSR count). The van der Waals surface area contributed by atoms with Crippen LogP contribution >= 0.6 is 0 Å². The Morgan fingerprint density at radius 2 is 1.00 bits per heavy atom. The maximum atomic E-state index is 12.5. The molecule has 0 unspecified atom stereocenters. The lowest BCUT2D eigenvalue weighted by Gasteiger charge is -2.33. The van der Waals surface area contributed by atoms with E-state index in [0.29, 0.717) is 65.4 Å². The molecule has 190 valence electrons. The highest BCUT2D eigenvalue weighted by atomic mass is 16.6. The standard InChI is InChI=1S/C23H43N5O5/c1-19(29)15-25-7-8-26(16-20(2)30)10-13-28(18-22(32)33-23(3,4)5)14-12-27(11-9-25)17-21(31)24-6/h7-18H2,1-6H3,(H,24,31). The second-order valence-electron chi connectivity index (χ2n) is 9.77. The highest BCUT2D eigenvalue weighted by Gasteiger charge is 2.22. The van der Waals surface area contributed by atoms with Gasteiger partial charge in [0.15, 0.2) is 0 Å². The third-order valence-electron chi connectivity index (χ3n) is 5.24. The molecule has 0 aromatic carbocycles. The predicted octanol–water partition coefficient (Wildman–Crippen LogP) is -0.526. The van der Waals surface area contributed by atoms with Crippen LogP contribution in [0.3, 0.4) is 0 Å². The van der Waals surface area contributed by atoms with Gasteiger partial charge in [0.05, 0.1) is 26.2 Å². The molecular weight excluding hydrogens is 426 g/mol. The molecule has 0 aliphatic carbocycles. The van der Waals surface area contributed by atoms with Gasteiger partial charge < -0.3 is 10.1 Å². The van der Waals surface area contributed by atoms with Crippen LogP contribution in [0.2, 0.25) is 0 Å². The fraction of sp³-hybridized carbons (Fsp3) is 0.826. The molecule has 0 aromatic heterocycles. The van der Waals surface area contributed by atoms with Crippen molar-refractivity contribution in [3.05, 3.63) is 0 Å². The molecule has 0 spiro atoms. The van der Waals surface area contributed by atoms with E-state index in [-0.39, 0.29) is 36.5 Å². The molecule has 33 heavy (non-hydrogen) atoms. The van der Waals surface area contributed by atoms with Gasteiger partial charge in [-0.15, -0.1) is 0 Å². The topological polar surface area (TPSA) is 103 Å². The van der Waals surface area contributed by atoms with Crippen molar-refractivity contribution < 1.29 is 23.9 Å². The second-order valence-corrected chi connectivity index (χ2v) is 9.77. The summed E-state index contributed by atoms with van der Waals surface area (Å²) in [6.07, 6.45) is 0. The number of Topliss-reactive ketones (excluding diaryl/α,β-unsaturated/α-hetero) is 2. The van der Waals surface area contributed by atoms with E-state index in [1.54, 1.807) is 20.9 Å². The average Bonchev–Trinajstić information content (AvgIpc) is 2.67. The van der Waals surface area contributed by atoms with Gasteiger partial charge in [0.2, 0.25) is 5.91 Å². The first-order valence-corrected chi connectivity index (χ1v) is 11.7. The number of ether oxygens (including phenoxy) is 1. The number of carbonyl (C=O) groups is 4. The largest absolute Gasteiger partial charge is 0.459 e. The average molecular weight is 470 g/mol. The molecule has 1 N–H and O–H groups in total. The van der Waals surface area contributed by atoms with E-state index in [2.05, 4.69) is 15.1 Å². The van der Waals surface area contributed by atoms with Gasteiger partial charge in [-0.3, -0.25) is 38.8 Å². The molecule has 10 heteroatoms. The highest BCUT2D eigenvalue weighted by Crippen LogP contribution is 2.08. The summed E-state index contributed by atoms with van der Waals surface area (Å²) in [6.45, 7) is 14.7. The van der Waals surface area contributed by atoms with Gasteiger partial charge in [0.1, 0.15) is 17.2 Å². The van der Waals surface area contributed by atoms with Crippen molar-refractivity contribution in [2.45, 2.75) is 40.2 Å². The second kappa shape index (κ2) is 14.4. The lowest BCUT2D eigenvalue weighted by molar-refractivity contribution is -0.156. The fourth-order valence-corrected chi connectivity index (χ4v) is 3.68. The van der Waals surface area contributed by atoms with Gasteiger partial charge in [0.25, 0.3) is 0 Å². The summed E-state index contributed by atoms with van der Waals surface area (Å²) in [5.41, 5.74) is -0.560. The van der Waals surface area contributed by atoms with E-state index in [4.69, 9.17) is 4.74 Å². The number of nitrogens with one attached hydrogen (secondary N) is 1. The van der Waals surface area contributed by atoms with Gasteiger partial charge >= 0.3 is 5.97 Å². The monoisotopic (exact) mass is 469 g/mol. The minimum absolute atomic E-state index is 0.0773. The lowest BCUT2D eigenvalue weighted by atomic mass is 10.2. The lowest BCUT2D eigenvalue weighted by Crippen LogP contribution is -2.49. The summed E-state index contributed by atoms with van der Waals surface area (Å²) in [7, 11) is 1.61. The molecule has 0 radical (unpaired) electrons. The molecule has 1 aliphatic heterocycles. The highest BCUT2D eigenvalue weighted by molar-refractivity contribution is 5.78. The molecule has 0 atom stereocenters. The Kier molecular flexibility index (Phi) is 12.7. The SMILES string of the molecule is CNC(=O)CN1CCN(CC(C)=O)CCN(CC(C)=O)CCN(CC(=O)OC(C)(C)C)CC1. The Labute approximate surface area is 198 Å². The normalized spacial score (nSPS) is 18.7. The smallest absolute Gasteiger partial charge is 0.320 e. The number of nitrogens with zero attached hydrogens (tertiary/aromatic N) is 4. The maximum absolute atomic E-state index is 12.5. The predicted molar refractivity (Wildman–Crippen MR) is 127 cm³/mol. The molecule has 0 aromatic rings. The summed E-state index contributed by atoms with van der Waals surface area (Å²) in [6, 6.07) is 0. The first-order valence-electron chi connectivity index (χ1n) is 11.7. The van der Waals surface area contributed by atoms with Crippen molar-refractivity contribution in [3.8, 4) is 0 Å². The van der Waals surface area contributed by atoms with Crippen molar-refractivity contribution in [1.29, 1.82) is 0 Å². The number of hydrogen-bond donors (Lipinski definition) is 1. The number of ketones is 2. The van der Waals surface area contributed by atoms with Crippen LogP contribution in [-0.4, -0.2) is 134 Å². The summed E-state index contributed by atoms with van der Waals surface area (Å²) in [4.78, 5) is 56.3. The van der Waals surface area contributed by atoms with Crippen LogP contribution in [0.25, 0.3) is 0 Å². The molecule has 1 amide bonds. The van der Waals surface area contributed by atoms with Crippen LogP contribution < -0.4 is 5.32 Å². The first-order chi connectivity index (χ1) is 15.4. The molecular formula is C23H43N5O5. The van der Waals surface area contributed by atoms with Gasteiger partial charge in [-0.2, -0.15) is 0 Å². The Morgan fingerprint density at radius 3 is 1.30 bits per heavy atom. The third kappa shape index (κ3) is 14.1. The van der Waals surface area contributed by atoms with Crippen molar-refractivity contribution in [2.75, 3.05) is 85.6 Å². The van der Waals surface area contributed by atoms with Crippen molar-refractivity contribution in [1.82, 2.24) is 24.9 Å². The summed E-state index contributed by atoms with van der Waals surface area (Å²) >= 11 is 0. The Balaban J connectivity index is 2.99. The molecule has 1 saturated heterocycles. The van der Waals surface area contributed by atoms with Gasteiger partial charge in [0, 0.05) is 59.4 Å². The Hall–Kier alpha value is -1.88. The molecule has 1 fully saturated rings. The maximum Gasteiger partial charge on any atom is 0.320 e. The van der Waals surface area contributed by atoms with E-state index in [9.17, 15) is 19.2 Å². The zero-order valence-corrected chi connectivity index (χ0v) is 21.3. The quantitative estimate of drug-likeness (QED) is 0.470. The number of rotatable bonds is 8. The van der Waals surface area contributed by atoms with E-state index in [1.165, 1.54) is 0 Å². The summed E-state index contributed by atoms with van der Waals surface area (Å²) in [5.74, 6) is -0.206. The summed E-state index contributed by atoms with van der Waals surface area (Å²) in [5, 5.41) is 2.66. The van der Waals surface area contributed by atoms with Gasteiger partial charge in [-0.1, -0.05) is 0 Å². The fourth-order valence-electron chi connectivity index (χ4n) is 3.68. The van der Waals surface area contributed by atoms with E-state index < -0.39 is 5.60 Å². The molecule has 10 nitrogen and oxygen atoms in total. The molecule has 0 bridgehead atoms. The Bertz CT molecular complexity index is 664. The van der Waals surface area contributed by atoms with Crippen LogP contribution in [0.4, 0.5) is 0 Å². The minimum atomic E-state index is -0.560. The zero-order valence-electron chi connectivity index (χ0n) is 21.3. The van der Waals surface area contributed by atoms with Crippen LogP contribution in [0.5, 0.6) is 0 Å². The third-order valence-corrected chi connectivity index (χ3v) is 5.24. The van der Waals surface area contributed by atoms with Crippen LogP contribution in [0, 0.1) is 0 Å². The van der Waals surface area contributed by atoms with Crippen LogP contribution in [0.15, 0.2) is 0 Å². The molecule has 1 heterocycles. The number of carbonyl (C=O) groups excluding carboxylic acids is 4. The van der Waals surface area contributed by atoms with Crippen LogP contribution in [-0.2, 0) is 23.9 Å². The van der Waals surface area contributed by atoms with Gasteiger partial charge in [-0.25, -0.2) is 0 Å². The minimum Gasteiger partial charge on any atom is -0.459 e. The number of amides is 1. The first kappa shape index (κ1) is 29.2. The van der Waals surface area contributed by atoms with Crippen molar-refractivity contribution >= 4 is 23.4 Å². The van der Waals surface area contributed by atoms with Crippen molar-refractivity contribution in [2.24, 2.45) is 0 Å². The van der Waals surface area contributed by atoms with Crippen LogP contribution in [0.1, 0.15) is 34.6 Å².